The van der Waals surface area contributed by atoms with E-state index in [1.54, 1.807) is 12.1 Å². The molecule has 2 bridgehead atoms. The van der Waals surface area contributed by atoms with Crippen LogP contribution in [0.3, 0.4) is 0 Å². The zero-order chi connectivity index (χ0) is 24.6. The van der Waals surface area contributed by atoms with Crippen LogP contribution >= 0.6 is 0 Å². The lowest BCUT2D eigenvalue weighted by Gasteiger charge is -2.44. The van der Waals surface area contributed by atoms with Crippen molar-refractivity contribution < 1.29 is 23.0 Å². The molecule has 0 saturated carbocycles. The van der Waals surface area contributed by atoms with Gasteiger partial charge in [-0.2, -0.15) is 8.78 Å². The summed E-state index contributed by atoms with van der Waals surface area (Å²) in [5, 5.41) is 0. The first-order chi connectivity index (χ1) is 17.6. The summed E-state index contributed by atoms with van der Waals surface area (Å²) in [6, 6.07) is 23.4. The second-order valence-electron chi connectivity index (χ2n) is 9.67. The molecule has 2 atom stereocenters. The average Bonchev–Trinajstić information content (AvgIpc) is 3.20. The van der Waals surface area contributed by atoms with Crippen molar-refractivity contribution in [1.82, 2.24) is 4.90 Å². The molecule has 6 rings (SSSR count). The monoisotopic (exact) mass is 487 g/mol. The molecule has 1 aliphatic carbocycles. The van der Waals surface area contributed by atoms with Gasteiger partial charge in [0.1, 0.15) is 12.4 Å². The van der Waals surface area contributed by atoms with E-state index in [0.29, 0.717) is 13.0 Å². The molecule has 4 nitrogen and oxygen atoms in total. The standard InChI is InChI=1S/C30H27F2NO3/c31-29(32)36-23-10-5-7-19(17-23)20-15-21-8-6-9-22(16-20)33(21)30(34)35-18-28-26-13-3-1-11-24(26)25-12-2-4-14-27(25)28/h1-5,7,10-15,17,21-22,28-29H,6,8-9,16,18H2. The molecule has 1 fully saturated rings. The normalized spacial score (nSPS) is 20.5. The minimum Gasteiger partial charge on any atom is -0.448 e. The van der Waals surface area contributed by atoms with E-state index in [9.17, 15) is 13.6 Å². The van der Waals surface area contributed by atoms with Gasteiger partial charge >= 0.3 is 12.7 Å². The summed E-state index contributed by atoms with van der Waals surface area (Å²) in [4.78, 5) is 15.3. The lowest BCUT2D eigenvalue weighted by Crippen LogP contribution is -2.51. The van der Waals surface area contributed by atoms with Crippen molar-refractivity contribution in [3.8, 4) is 16.9 Å². The number of piperidine rings is 1. The van der Waals surface area contributed by atoms with Crippen LogP contribution in [0.1, 0.15) is 48.3 Å². The molecule has 36 heavy (non-hydrogen) atoms. The van der Waals surface area contributed by atoms with Crippen LogP contribution in [0.25, 0.3) is 16.7 Å². The van der Waals surface area contributed by atoms with Gasteiger partial charge in [-0.25, -0.2) is 4.79 Å². The van der Waals surface area contributed by atoms with E-state index in [2.05, 4.69) is 35.1 Å². The van der Waals surface area contributed by atoms with Gasteiger partial charge in [-0.3, -0.25) is 4.90 Å². The lowest BCUT2D eigenvalue weighted by molar-refractivity contribution is -0.0498. The first-order valence-electron chi connectivity index (χ1n) is 12.5. The first-order valence-corrected chi connectivity index (χ1v) is 12.5. The van der Waals surface area contributed by atoms with Crippen LogP contribution in [0.4, 0.5) is 13.6 Å². The van der Waals surface area contributed by atoms with Crippen LogP contribution in [-0.4, -0.2) is 36.3 Å². The predicted octanol–water partition coefficient (Wildman–Crippen LogP) is 7.25. The Morgan fingerprint density at radius 1 is 0.944 bits per heavy atom. The lowest BCUT2D eigenvalue weighted by atomic mass is 9.83. The Morgan fingerprint density at radius 3 is 2.36 bits per heavy atom. The number of fused-ring (bicyclic) bond motifs is 5. The minimum atomic E-state index is -2.86. The summed E-state index contributed by atoms with van der Waals surface area (Å²) in [5.41, 5.74) is 6.71. The van der Waals surface area contributed by atoms with Crippen LogP contribution in [0.5, 0.6) is 5.75 Å². The summed E-state index contributed by atoms with van der Waals surface area (Å²) in [5.74, 6) is 0.169. The third-order valence-corrected chi connectivity index (χ3v) is 7.61. The van der Waals surface area contributed by atoms with Crippen molar-refractivity contribution in [2.75, 3.05) is 6.61 Å². The zero-order valence-corrected chi connectivity index (χ0v) is 19.8. The molecular weight excluding hydrogens is 460 g/mol. The van der Waals surface area contributed by atoms with Gasteiger partial charge in [0.25, 0.3) is 0 Å². The number of hydrogen-bond acceptors (Lipinski definition) is 3. The van der Waals surface area contributed by atoms with Crippen LogP contribution in [0, 0.1) is 0 Å². The van der Waals surface area contributed by atoms with E-state index in [1.165, 1.54) is 28.3 Å². The van der Waals surface area contributed by atoms with E-state index in [0.717, 1.165) is 30.4 Å². The number of rotatable bonds is 5. The summed E-state index contributed by atoms with van der Waals surface area (Å²) in [7, 11) is 0. The van der Waals surface area contributed by atoms with Gasteiger partial charge < -0.3 is 9.47 Å². The molecule has 1 amide bonds. The Balaban J connectivity index is 1.20. The van der Waals surface area contributed by atoms with Gasteiger partial charge in [0.15, 0.2) is 0 Å². The van der Waals surface area contributed by atoms with Crippen LogP contribution in [0.2, 0.25) is 0 Å². The summed E-state index contributed by atoms with van der Waals surface area (Å²) < 4.78 is 35.9. The molecule has 1 saturated heterocycles. The first kappa shape index (κ1) is 22.8. The zero-order valence-electron chi connectivity index (χ0n) is 19.8. The van der Waals surface area contributed by atoms with Crippen molar-refractivity contribution in [3.05, 3.63) is 95.6 Å². The third-order valence-electron chi connectivity index (χ3n) is 7.61. The smallest absolute Gasteiger partial charge is 0.410 e. The summed E-state index contributed by atoms with van der Waals surface area (Å²) in [6.07, 6.45) is 5.28. The Kier molecular flexibility index (Phi) is 5.96. The van der Waals surface area contributed by atoms with Crippen molar-refractivity contribution in [2.45, 2.75) is 50.3 Å². The predicted molar refractivity (Wildman–Crippen MR) is 134 cm³/mol. The number of halogens is 2. The molecule has 3 aliphatic rings. The maximum absolute atomic E-state index is 13.4. The van der Waals surface area contributed by atoms with Crippen LogP contribution < -0.4 is 4.74 Å². The van der Waals surface area contributed by atoms with Gasteiger partial charge in [-0.15, -0.1) is 0 Å². The molecule has 2 unspecified atom stereocenters. The molecule has 3 aromatic rings. The highest BCUT2D eigenvalue weighted by Gasteiger charge is 2.39. The van der Waals surface area contributed by atoms with Gasteiger partial charge in [-0.05, 0) is 71.2 Å². The van der Waals surface area contributed by atoms with E-state index in [4.69, 9.17) is 4.74 Å². The van der Waals surface area contributed by atoms with Gasteiger partial charge in [0.05, 0.1) is 6.04 Å². The highest BCUT2D eigenvalue weighted by atomic mass is 19.3. The molecule has 184 valence electrons. The number of benzene rings is 3. The molecule has 0 spiro atoms. The van der Waals surface area contributed by atoms with E-state index < -0.39 is 6.61 Å². The molecule has 2 heterocycles. The van der Waals surface area contributed by atoms with Crippen molar-refractivity contribution in [3.63, 3.8) is 0 Å². The van der Waals surface area contributed by atoms with Gasteiger partial charge in [0.2, 0.25) is 0 Å². The Hall–Kier alpha value is -3.67. The SMILES string of the molecule is O=C(OCC1c2ccccc2-c2ccccc21)N1C2C=C(c3cccc(OC(F)F)c3)CC1CCC2. The van der Waals surface area contributed by atoms with Crippen LogP contribution in [0.15, 0.2) is 78.9 Å². The number of nitrogens with zero attached hydrogens (tertiary/aromatic N) is 1. The van der Waals surface area contributed by atoms with Gasteiger partial charge in [0, 0.05) is 12.0 Å². The maximum Gasteiger partial charge on any atom is 0.410 e. The minimum absolute atomic E-state index is 0.0228. The number of ether oxygens (including phenoxy) is 2. The van der Waals surface area contributed by atoms with E-state index >= 15 is 0 Å². The molecule has 0 N–H and O–H groups in total. The summed E-state index contributed by atoms with van der Waals surface area (Å²) in [6.45, 7) is -2.56. The van der Waals surface area contributed by atoms with E-state index in [-0.39, 0.29) is 29.8 Å². The Morgan fingerprint density at radius 2 is 1.67 bits per heavy atom. The van der Waals surface area contributed by atoms with E-state index in [1.807, 2.05) is 35.2 Å². The third kappa shape index (κ3) is 4.15. The second-order valence-corrected chi connectivity index (χ2v) is 9.67. The highest BCUT2D eigenvalue weighted by molar-refractivity contribution is 5.79. The molecule has 3 aromatic carbocycles. The summed E-state index contributed by atoms with van der Waals surface area (Å²) >= 11 is 0. The van der Waals surface area contributed by atoms with Crippen molar-refractivity contribution in [1.29, 1.82) is 0 Å². The molecule has 2 aliphatic heterocycles. The number of hydrogen-bond donors (Lipinski definition) is 0. The number of carbonyl (C=O) groups excluding carboxylic acids is 1. The van der Waals surface area contributed by atoms with Gasteiger partial charge in [-0.1, -0.05) is 66.7 Å². The highest BCUT2D eigenvalue weighted by Crippen LogP contribution is 2.45. The fraction of sp³-hybridized carbons (Fsp3) is 0.300. The quantitative estimate of drug-likeness (QED) is 0.381. The largest absolute Gasteiger partial charge is 0.448 e. The molecular formula is C30H27F2NO3. The molecule has 0 radical (unpaired) electrons. The second kappa shape index (κ2) is 9.41. The Labute approximate surface area is 209 Å². The maximum atomic E-state index is 13.4. The number of alkyl halides is 2. The Bertz CT molecular complexity index is 1280. The average molecular weight is 488 g/mol. The van der Waals surface area contributed by atoms with Crippen molar-refractivity contribution >= 4 is 11.7 Å². The number of carbonyl (C=O) groups is 1. The van der Waals surface area contributed by atoms with Crippen molar-refractivity contribution in [2.24, 2.45) is 0 Å². The number of amides is 1. The fourth-order valence-electron chi connectivity index (χ4n) is 6.07. The molecule has 0 aromatic heterocycles. The molecule has 6 heteroatoms. The fourth-order valence-corrected chi connectivity index (χ4v) is 6.07. The topological polar surface area (TPSA) is 38.8 Å². The van der Waals surface area contributed by atoms with Crippen LogP contribution in [-0.2, 0) is 4.74 Å².